The molecule has 0 spiro atoms. The monoisotopic (exact) mass is 413 g/mol. The Hall–Kier alpha value is -2.25. The molecule has 0 atom stereocenters. The lowest BCUT2D eigenvalue weighted by molar-refractivity contribution is -0.132. The molecule has 2 aromatic heterocycles. The molecule has 3 heterocycles. The molecule has 28 heavy (non-hydrogen) atoms. The fraction of sp³-hybridized carbons (Fsp3) is 0.381. The van der Waals surface area contributed by atoms with Gasteiger partial charge in [-0.1, -0.05) is 30.7 Å². The molecule has 0 radical (unpaired) electrons. The molecule has 3 aromatic rings. The van der Waals surface area contributed by atoms with E-state index in [1.54, 1.807) is 4.57 Å². The van der Waals surface area contributed by atoms with Crippen molar-refractivity contribution in [3.8, 4) is 0 Å². The van der Waals surface area contributed by atoms with Crippen molar-refractivity contribution in [2.75, 3.05) is 6.54 Å². The molecule has 1 N–H and O–H groups in total. The Kier molecular flexibility index (Phi) is 5.73. The number of fused-ring (bicyclic) bond motifs is 2. The van der Waals surface area contributed by atoms with Crippen LogP contribution in [0.4, 0.5) is 0 Å². The zero-order valence-electron chi connectivity index (χ0n) is 15.6. The van der Waals surface area contributed by atoms with E-state index >= 15 is 0 Å². The zero-order chi connectivity index (χ0) is 19.5. The van der Waals surface area contributed by atoms with Crippen molar-refractivity contribution in [3.05, 3.63) is 62.0 Å². The maximum Gasteiger partial charge on any atom is 0.272 e. The van der Waals surface area contributed by atoms with Gasteiger partial charge in [0, 0.05) is 26.1 Å². The Morgan fingerprint density at radius 1 is 1.14 bits per heavy atom. The summed E-state index contributed by atoms with van der Waals surface area (Å²) in [5.41, 5.74) is 3.41. The van der Waals surface area contributed by atoms with Crippen LogP contribution in [-0.4, -0.2) is 26.9 Å². The minimum absolute atomic E-state index is 0.0168. The topological polar surface area (TPSA) is 58.1 Å². The second kappa shape index (κ2) is 8.41. The van der Waals surface area contributed by atoms with Gasteiger partial charge in [-0.05, 0) is 54.1 Å². The quantitative estimate of drug-likeness (QED) is 0.485. The molecule has 0 unspecified atom stereocenters. The van der Waals surface area contributed by atoms with E-state index < -0.39 is 0 Å². The summed E-state index contributed by atoms with van der Waals surface area (Å²) in [5, 5.41) is 1.90. The van der Waals surface area contributed by atoms with Gasteiger partial charge < -0.3 is 9.88 Å². The van der Waals surface area contributed by atoms with Gasteiger partial charge in [0.1, 0.15) is 4.70 Å². The molecule has 0 saturated carbocycles. The van der Waals surface area contributed by atoms with Crippen LogP contribution < -0.4 is 5.56 Å². The zero-order valence-corrected chi connectivity index (χ0v) is 17.3. The second-order valence-electron chi connectivity index (χ2n) is 7.20. The number of amides is 1. The maximum atomic E-state index is 12.5. The standard InChI is InChI=1S/C21H23N3O2S2/c25-18(23-12-9-15-6-3-4-7-16(15)14-23)8-2-1-5-11-24-20(26)19-17(10-13-28-19)22-21(24)27/h3-4,6-7,10,13H,1-2,5,8-9,11-12,14H2,(H,22,27). The second-order valence-corrected chi connectivity index (χ2v) is 8.50. The first-order valence-corrected chi connectivity index (χ1v) is 11.0. The molecule has 4 rings (SSSR count). The summed E-state index contributed by atoms with van der Waals surface area (Å²) in [5.74, 6) is 0.226. The summed E-state index contributed by atoms with van der Waals surface area (Å²) in [6.45, 7) is 2.12. The van der Waals surface area contributed by atoms with Crippen molar-refractivity contribution in [3.63, 3.8) is 0 Å². The van der Waals surface area contributed by atoms with Crippen LogP contribution >= 0.6 is 23.6 Å². The number of carbonyl (C=O) groups is 1. The molecule has 0 saturated heterocycles. The lowest BCUT2D eigenvalue weighted by Crippen LogP contribution is -2.35. The minimum atomic E-state index is -0.0168. The molecular formula is C21H23N3O2S2. The number of nitrogens with one attached hydrogen (secondary N) is 1. The Balaban J connectivity index is 1.26. The molecule has 1 aliphatic heterocycles. The first-order chi connectivity index (χ1) is 13.6. The third-order valence-corrected chi connectivity index (χ3v) is 6.57. The number of thiophene rings is 1. The van der Waals surface area contributed by atoms with Gasteiger partial charge in [0.15, 0.2) is 4.77 Å². The number of aromatic amines is 1. The summed E-state index contributed by atoms with van der Waals surface area (Å²) >= 11 is 6.76. The van der Waals surface area contributed by atoms with Crippen molar-refractivity contribution in [2.24, 2.45) is 0 Å². The van der Waals surface area contributed by atoms with Crippen LogP contribution in [0, 0.1) is 4.77 Å². The highest BCUT2D eigenvalue weighted by molar-refractivity contribution is 7.71. The van der Waals surface area contributed by atoms with E-state index in [1.807, 2.05) is 22.4 Å². The fourth-order valence-corrected chi connectivity index (χ4v) is 4.84. The van der Waals surface area contributed by atoms with E-state index in [4.69, 9.17) is 12.2 Å². The average Bonchev–Trinajstić information content (AvgIpc) is 3.18. The van der Waals surface area contributed by atoms with Crippen LogP contribution in [0.15, 0.2) is 40.5 Å². The number of benzene rings is 1. The summed E-state index contributed by atoms with van der Waals surface area (Å²) in [6.07, 6.45) is 4.08. The molecule has 7 heteroatoms. The molecular weight excluding hydrogens is 390 g/mol. The van der Waals surface area contributed by atoms with Gasteiger partial charge in [0.25, 0.3) is 5.56 Å². The largest absolute Gasteiger partial charge is 0.338 e. The Bertz CT molecular complexity index is 1110. The molecule has 1 aromatic carbocycles. The number of unbranched alkanes of at least 4 members (excludes halogenated alkanes) is 2. The maximum absolute atomic E-state index is 12.5. The van der Waals surface area contributed by atoms with Crippen molar-refractivity contribution in [1.82, 2.24) is 14.5 Å². The predicted molar refractivity (Wildman–Crippen MR) is 115 cm³/mol. The molecule has 0 fully saturated rings. The molecule has 5 nitrogen and oxygen atoms in total. The number of hydrogen-bond donors (Lipinski definition) is 1. The van der Waals surface area contributed by atoms with Crippen LogP contribution in [0.2, 0.25) is 0 Å². The number of H-pyrrole nitrogens is 1. The van der Waals surface area contributed by atoms with Crippen LogP contribution in [0.1, 0.15) is 36.8 Å². The lowest BCUT2D eigenvalue weighted by atomic mass is 9.99. The number of carbonyl (C=O) groups excluding carboxylic acids is 1. The van der Waals surface area contributed by atoms with Gasteiger partial charge in [-0.25, -0.2) is 0 Å². The summed E-state index contributed by atoms with van der Waals surface area (Å²) in [7, 11) is 0. The number of rotatable bonds is 6. The van der Waals surface area contributed by atoms with Gasteiger partial charge in [-0.15, -0.1) is 11.3 Å². The van der Waals surface area contributed by atoms with Crippen LogP contribution in [-0.2, 0) is 24.3 Å². The summed E-state index contributed by atoms with van der Waals surface area (Å²) < 4.78 is 2.82. The Labute approximate surface area is 172 Å². The van der Waals surface area contributed by atoms with Crippen molar-refractivity contribution in [2.45, 2.75) is 45.2 Å². The minimum Gasteiger partial charge on any atom is -0.338 e. The Morgan fingerprint density at radius 3 is 2.82 bits per heavy atom. The van der Waals surface area contributed by atoms with Gasteiger partial charge in [0.2, 0.25) is 5.91 Å². The smallest absolute Gasteiger partial charge is 0.272 e. The third kappa shape index (κ3) is 3.95. The predicted octanol–water partition coefficient (Wildman–Crippen LogP) is 4.27. The fourth-order valence-electron chi connectivity index (χ4n) is 3.76. The highest BCUT2D eigenvalue weighted by Crippen LogP contribution is 2.19. The van der Waals surface area contributed by atoms with E-state index in [0.29, 0.717) is 22.4 Å². The van der Waals surface area contributed by atoms with E-state index in [9.17, 15) is 9.59 Å². The van der Waals surface area contributed by atoms with Crippen LogP contribution in [0.3, 0.4) is 0 Å². The van der Waals surface area contributed by atoms with E-state index in [0.717, 1.165) is 44.3 Å². The molecule has 0 aliphatic carbocycles. The summed E-state index contributed by atoms with van der Waals surface area (Å²) in [6, 6.07) is 10.2. The van der Waals surface area contributed by atoms with Crippen LogP contribution in [0.25, 0.3) is 10.2 Å². The molecule has 1 aliphatic rings. The van der Waals surface area contributed by atoms with Crippen molar-refractivity contribution < 1.29 is 4.79 Å². The first-order valence-electron chi connectivity index (χ1n) is 9.68. The average molecular weight is 414 g/mol. The summed E-state index contributed by atoms with van der Waals surface area (Å²) in [4.78, 5) is 30.1. The van der Waals surface area contributed by atoms with Crippen molar-refractivity contribution >= 4 is 39.7 Å². The first kappa shape index (κ1) is 19.1. The van der Waals surface area contributed by atoms with E-state index in [1.165, 1.54) is 22.5 Å². The molecule has 1 amide bonds. The highest BCUT2D eigenvalue weighted by atomic mass is 32.1. The third-order valence-electron chi connectivity index (χ3n) is 5.35. The molecule has 0 bridgehead atoms. The van der Waals surface area contributed by atoms with Gasteiger partial charge >= 0.3 is 0 Å². The SMILES string of the molecule is O=C(CCCCCn1c(=S)[nH]c2ccsc2c1=O)N1CCc2ccccc2C1. The van der Waals surface area contributed by atoms with Crippen molar-refractivity contribution in [1.29, 1.82) is 0 Å². The van der Waals surface area contributed by atoms with Crippen LogP contribution in [0.5, 0.6) is 0 Å². The normalized spacial score (nSPS) is 13.6. The van der Waals surface area contributed by atoms with Gasteiger partial charge in [-0.2, -0.15) is 0 Å². The molecule has 146 valence electrons. The lowest BCUT2D eigenvalue weighted by Gasteiger charge is -2.29. The van der Waals surface area contributed by atoms with Gasteiger partial charge in [-0.3, -0.25) is 14.2 Å². The number of nitrogens with zero attached hydrogens (tertiary/aromatic N) is 2. The number of hydrogen-bond acceptors (Lipinski definition) is 4. The highest BCUT2D eigenvalue weighted by Gasteiger charge is 2.19. The van der Waals surface area contributed by atoms with Gasteiger partial charge in [0.05, 0.1) is 5.52 Å². The Morgan fingerprint density at radius 2 is 1.96 bits per heavy atom. The number of aromatic nitrogens is 2. The van der Waals surface area contributed by atoms with E-state index in [-0.39, 0.29) is 11.5 Å². The van der Waals surface area contributed by atoms with E-state index in [2.05, 4.69) is 23.2 Å².